The van der Waals surface area contributed by atoms with Crippen LogP contribution in [0.25, 0.3) is 0 Å². The van der Waals surface area contributed by atoms with E-state index in [1.54, 1.807) is 24.3 Å². The minimum absolute atomic E-state index is 0. The number of anilines is 1. The summed E-state index contributed by atoms with van der Waals surface area (Å²) in [6, 6.07) is 5.97. The van der Waals surface area contributed by atoms with E-state index in [1.165, 1.54) is 0 Å². The van der Waals surface area contributed by atoms with Crippen molar-refractivity contribution in [3.63, 3.8) is 0 Å². The predicted octanol–water partition coefficient (Wildman–Crippen LogP) is 0.958. The Labute approximate surface area is 143 Å². The van der Waals surface area contributed by atoms with E-state index in [9.17, 15) is 13.2 Å². The standard InChI is InChI=1S/C14H23N3O4S.ClH/c1-10(2)13(15)14(18)16-8-9-21-12-6-4-11(5-7-12)17-22(3,19)20;/h4-7,10,13,17H,8-9,15H2,1-3H3,(H,16,18);1H/t13-;/m0./s1. The highest BCUT2D eigenvalue weighted by atomic mass is 35.5. The summed E-state index contributed by atoms with van der Waals surface area (Å²) in [6.07, 6.45) is 1.09. The van der Waals surface area contributed by atoms with Crippen molar-refractivity contribution >= 4 is 34.0 Å². The molecule has 1 amide bonds. The number of halogens is 1. The topological polar surface area (TPSA) is 111 Å². The molecule has 1 atom stereocenters. The Kier molecular flexibility index (Phi) is 8.96. The zero-order chi connectivity index (χ0) is 16.8. The number of sulfonamides is 1. The fourth-order valence-electron chi connectivity index (χ4n) is 1.60. The Hall–Kier alpha value is -1.51. The Bertz CT molecular complexity index is 591. The number of hydrogen-bond donors (Lipinski definition) is 3. The molecule has 4 N–H and O–H groups in total. The summed E-state index contributed by atoms with van der Waals surface area (Å²) >= 11 is 0. The molecule has 0 saturated heterocycles. The summed E-state index contributed by atoms with van der Waals surface area (Å²) in [6.45, 7) is 4.41. The van der Waals surface area contributed by atoms with Gasteiger partial charge in [0.05, 0.1) is 18.8 Å². The molecule has 0 heterocycles. The normalized spacial score (nSPS) is 12.2. The van der Waals surface area contributed by atoms with Gasteiger partial charge in [-0.2, -0.15) is 0 Å². The lowest BCUT2D eigenvalue weighted by Gasteiger charge is -2.15. The van der Waals surface area contributed by atoms with Gasteiger partial charge in [0.25, 0.3) is 0 Å². The first-order valence-electron chi connectivity index (χ1n) is 6.93. The van der Waals surface area contributed by atoms with Gasteiger partial charge in [-0.25, -0.2) is 8.42 Å². The number of hydrogen-bond acceptors (Lipinski definition) is 5. The van der Waals surface area contributed by atoms with Crippen molar-refractivity contribution < 1.29 is 17.9 Å². The lowest BCUT2D eigenvalue weighted by molar-refractivity contribution is -0.123. The van der Waals surface area contributed by atoms with Crippen LogP contribution in [0.15, 0.2) is 24.3 Å². The molecule has 0 aliphatic rings. The van der Waals surface area contributed by atoms with Gasteiger partial charge in [-0.05, 0) is 30.2 Å². The van der Waals surface area contributed by atoms with E-state index in [4.69, 9.17) is 10.5 Å². The van der Waals surface area contributed by atoms with Gasteiger partial charge < -0.3 is 15.8 Å². The molecule has 132 valence electrons. The second-order valence-electron chi connectivity index (χ2n) is 5.31. The van der Waals surface area contributed by atoms with Crippen LogP contribution in [0.2, 0.25) is 0 Å². The summed E-state index contributed by atoms with van der Waals surface area (Å²) in [7, 11) is -3.29. The third kappa shape index (κ3) is 8.63. The largest absolute Gasteiger partial charge is 0.492 e. The van der Waals surface area contributed by atoms with Crippen molar-refractivity contribution in [1.82, 2.24) is 5.32 Å². The summed E-state index contributed by atoms with van der Waals surface area (Å²) in [5.74, 6) is 0.462. The van der Waals surface area contributed by atoms with Crippen LogP contribution < -0.4 is 20.5 Å². The van der Waals surface area contributed by atoms with Gasteiger partial charge in [0.2, 0.25) is 15.9 Å². The van der Waals surface area contributed by atoms with Crippen LogP contribution in [0.1, 0.15) is 13.8 Å². The first-order chi connectivity index (χ1) is 10.2. The predicted molar refractivity (Wildman–Crippen MR) is 93.5 cm³/mol. The van der Waals surface area contributed by atoms with Crippen molar-refractivity contribution in [2.24, 2.45) is 11.7 Å². The Morgan fingerprint density at radius 3 is 2.30 bits per heavy atom. The first kappa shape index (κ1) is 21.5. The lowest BCUT2D eigenvalue weighted by Crippen LogP contribution is -2.45. The molecule has 0 saturated carbocycles. The van der Waals surface area contributed by atoms with E-state index in [0.717, 1.165) is 6.26 Å². The summed E-state index contributed by atoms with van der Waals surface area (Å²) in [5, 5.41) is 2.70. The van der Waals surface area contributed by atoms with Crippen molar-refractivity contribution in [2.45, 2.75) is 19.9 Å². The van der Waals surface area contributed by atoms with Gasteiger partial charge in [-0.15, -0.1) is 12.4 Å². The minimum Gasteiger partial charge on any atom is -0.492 e. The summed E-state index contributed by atoms with van der Waals surface area (Å²) in [4.78, 5) is 11.6. The summed E-state index contributed by atoms with van der Waals surface area (Å²) in [5.41, 5.74) is 6.18. The van der Waals surface area contributed by atoms with Crippen molar-refractivity contribution in [1.29, 1.82) is 0 Å². The fraction of sp³-hybridized carbons (Fsp3) is 0.500. The number of amides is 1. The maximum absolute atomic E-state index is 11.6. The maximum Gasteiger partial charge on any atom is 0.237 e. The molecule has 0 aliphatic carbocycles. The van der Waals surface area contributed by atoms with E-state index in [0.29, 0.717) is 24.6 Å². The van der Waals surface area contributed by atoms with Crippen LogP contribution in [0, 0.1) is 5.92 Å². The van der Waals surface area contributed by atoms with Crippen LogP contribution in [0.3, 0.4) is 0 Å². The SMILES string of the molecule is CC(C)[C@H](N)C(=O)NCCOc1ccc(NS(C)(=O)=O)cc1.Cl. The molecule has 0 spiro atoms. The second-order valence-corrected chi connectivity index (χ2v) is 7.06. The van der Waals surface area contributed by atoms with Crippen LogP contribution in [0.4, 0.5) is 5.69 Å². The highest BCUT2D eigenvalue weighted by molar-refractivity contribution is 7.92. The number of nitrogens with one attached hydrogen (secondary N) is 2. The molecule has 0 bridgehead atoms. The number of benzene rings is 1. The van der Waals surface area contributed by atoms with Gasteiger partial charge >= 0.3 is 0 Å². The summed E-state index contributed by atoms with van der Waals surface area (Å²) < 4.78 is 29.9. The molecule has 0 aromatic heterocycles. The molecule has 7 nitrogen and oxygen atoms in total. The zero-order valence-corrected chi connectivity index (χ0v) is 15.0. The van der Waals surface area contributed by atoms with Crippen molar-refractivity contribution in [3.05, 3.63) is 24.3 Å². The number of rotatable bonds is 8. The maximum atomic E-state index is 11.6. The molecule has 1 rings (SSSR count). The molecule has 9 heteroatoms. The lowest BCUT2D eigenvalue weighted by atomic mass is 10.1. The van der Waals surface area contributed by atoms with Gasteiger partial charge in [0, 0.05) is 5.69 Å². The molecule has 0 radical (unpaired) electrons. The molecular formula is C14H24ClN3O4S. The van der Waals surface area contributed by atoms with Crippen LogP contribution in [-0.4, -0.2) is 39.8 Å². The first-order valence-corrected chi connectivity index (χ1v) is 8.82. The van der Waals surface area contributed by atoms with E-state index >= 15 is 0 Å². The Balaban J connectivity index is 0.00000484. The fourth-order valence-corrected chi connectivity index (χ4v) is 2.16. The van der Waals surface area contributed by atoms with E-state index in [2.05, 4.69) is 10.0 Å². The third-order valence-electron chi connectivity index (χ3n) is 2.85. The molecule has 0 aliphatic heterocycles. The molecule has 1 aromatic rings. The smallest absolute Gasteiger partial charge is 0.237 e. The number of nitrogens with two attached hydrogens (primary N) is 1. The Morgan fingerprint density at radius 1 is 1.26 bits per heavy atom. The number of ether oxygens (including phenoxy) is 1. The molecule has 23 heavy (non-hydrogen) atoms. The third-order valence-corrected chi connectivity index (χ3v) is 3.46. The second kappa shape index (κ2) is 9.59. The molecular weight excluding hydrogens is 342 g/mol. The van der Waals surface area contributed by atoms with E-state index < -0.39 is 16.1 Å². The monoisotopic (exact) mass is 365 g/mol. The molecule has 0 unspecified atom stereocenters. The molecule has 0 fully saturated rings. The van der Waals surface area contributed by atoms with Gasteiger partial charge in [-0.3, -0.25) is 9.52 Å². The molecule has 1 aromatic carbocycles. The highest BCUT2D eigenvalue weighted by Gasteiger charge is 2.16. The van der Waals surface area contributed by atoms with Gasteiger partial charge in [0.15, 0.2) is 0 Å². The average molecular weight is 366 g/mol. The zero-order valence-electron chi connectivity index (χ0n) is 13.4. The van der Waals surface area contributed by atoms with Crippen molar-refractivity contribution in [3.8, 4) is 5.75 Å². The van der Waals surface area contributed by atoms with Crippen LogP contribution >= 0.6 is 12.4 Å². The van der Waals surface area contributed by atoms with Crippen LogP contribution in [-0.2, 0) is 14.8 Å². The quantitative estimate of drug-likeness (QED) is 0.594. The Morgan fingerprint density at radius 2 is 1.83 bits per heavy atom. The van der Waals surface area contributed by atoms with E-state index in [-0.39, 0.29) is 24.2 Å². The van der Waals surface area contributed by atoms with Gasteiger partial charge in [-0.1, -0.05) is 13.8 Å². The van der Waals surface area contributed by atoms with Gasteiger partial charge in [0.1, 0.15) is 12.4 Å². The van der Waals surface area contributed by atoms with Crippen LogP contribution in [0.5, 0.6) is 5.75 Å². The number of carbonyl (C=O) groups is 1. The van der Waals surface area contributed by atoms with E-state index in [1.807, 2.05) is 13.8 Å². The average Bonchev–Trinajstić information content (AvgIpc) is 2.42. The minimum atomic E-state index is -3.29. The highest BCUT2D eigenvalue weighted by Crippen LogP contribution is 2.16. The number of carbonyl (C=O) groups excluding carboxylic acids is 1. The van der Waals surface area contributed by atoms with Crippen molar-refractivity contribution in [2.75, 3.05) is 24.1 Å².